The lowest BCUT2D eigenvalue weighted by atomic mass is 10.2. The molecule has 0 aliphatic carbocycles. The Hall–Kier alpha value is -1.95. The van der Waals surface area contributed by atoms with Crippen molar-refractivity contribution in [1.29, 1.82) is 5.26 Å². The zero-order chi connectivity index (χ0) is 21.1. The van der Waals surface area contributed by atoms with Crippen molar-refractivity contribution in [2.75, 3.05) is 30.9 Å². The quantitative estimate of drug-likeness (QED) is 0.149. The predicted molar refractivity (Wildman–Crippen MR) is 112 cm³/mol. The SMILES string of the molecule is CCOc1cc(N=Nc2nnc(SC)s2)c(SOOO)cc1N(CC)CCC#N. The third kappa shape index (κ3) is 6.81. The van der Waals surface area contributed by atoms with E-state index in [2.05, 4.69) is 35.9 Å². The first-order valence-corrected chi connectivity index (χ1v) is 11.3. The second kappa shape index (κ2) is 12.6. The van der Waals surface area contributed by atoms with Crippen LogP contribution in [0.15, 0.2) is 31.6 Å². The van der Waals surface area contributed by atoms with E-state index in [1.807, 2.05) is 25.0 Å². The molecule has 29 heavy (non-hydrogen) atoms. The molecule has 0 radical (unpaired) electrons. The number of anilines is 1. The number of nitrogens with zero attached hydrogens (tertiary/aromatic N) is 6. The third-order valence-corrected chi connectivity index (χ3v) is 5.94. The fourth-order valence-corrected chi connectivity index (χ4v) is 3.84. The maximum atomic E-state index is 8.93. The Bertz CT molecular complexity index is 858. The van der Waals surface area contributed by atoms with Crippen molar-refractivity contribution >= 4 is 51.6 Å². The highest BCUT2D eigenvalue weighted by atomic mass is 32.2. The van der Waals surface area contributed by atoms with Crippen LogP contribution < -0.4 is 9.64 Å². The minimum absolute atomic E-state index is 0.369. The average molecular weight is 457 g/mol. The zero-order valence-corrected chi connectivity index (χ0v) is 18.5. The van der Waals surface area contributed by atoms with E-state index in [9.17, 15) is 0 Å². The Labute approximate surface area is 181 Å². The maximum Gasteiger partial charge on any atom is 0.252 e. The Kier molecular flexibility index (Phi) is 10.1. The van der Waals surface area contributed by atoms with Gasteiger partial charge in [0.15, 0.2) is 4.34 Å². The van der Waals surface area contributed by atoms with Crippen LogP contribution in [0.4, 0.5) is 16.5 Å². The molecule has 1 aromatic heterocycles. The summed E-state index contributed by atoms with van der Waals surface area (Å²) in [4.78, 5) is 2.54. The first-order valence-electron chi connectivity index (χ1n) is 8.53. The molecule has 2 aromatic rings. The lowest BCUT2D eigenvalue weighted by molar-refractivity contribution is -0.432. The molecule has 1 heterocycles. The van der Waals surface area contributed by atoms with E-state index in [0.29, 0.717) is 47.6 Å². The molecule has 2 rings (SSSR count). The van der Waals surface area contributed by atoms with E-state index in [1.54, 1.807) is 12.1 Å². The van der Waals surface area contributed by atoms with Crippen molar-refractivity contribution in [3.8, 4) is 11.8 Å². The second-order valence-electron chi connectivity index (χ2n) is 5.19. The van der Waals surface area contributed by atoms with Gasteiger partial charge in [0.2, 0.25) is 0 Å². The third-order valence-electron chi connectivity index (χ3n) is 3.52. The van der Waals surface area contributed by atoms with Crippen LogP contribution in [0.25, 0.3) is 0 Å². The van der Waals surface area contributed by atoms with Crippen LogP contribution in [0.1, 0.15) is 20.3 Å². The van der Waals surface area contributed by atoms with Crippen molar-refractivity contribution in [3.63, 3.8) is 0 Å². The summed E-state index contributed by atoms with van der Waals surface area (Å²) in [5.74, 6) is 0.595. The van der Waals surface area contributed by atoms with Gasteiger partial charge in [-0.25, -0.2) is 5.26 Å². The molecule has 0 saturated heterocycles. The topological polar surface area (TPSA) is 125 Å². The molecule has 13 heteroatoms. The maximum absolute atomic E-state index is 8.93. The van der Waals surface area contributed by atoms with Crippen LogP contribution in [0.3, 0.4) is 0 Å². The van der Waals surface area contributed by atoms with Crippen LogP contribution in [0, 0.1) is 11.3 Å². The summed E-state index contributed by atoms with van der Waals surface area (Å²) >= 11 is 3.57. The van der Waals surface area contributed by atoms with Gasteiger partial charge in [0.05, 0.1) is 41.7 Å². The first kappa shape index (κ1) is 23.3. The van der Waals surface area contributed by atoms with E-state index >= 15 is 0 Å². The fourth-order valence-electron chi connectivity index (χ4n) is 2.31. The number of azo groups is 1. The van der Waals surface area contributed by atoms with Gasteiger partial charge in [0.1, 0.15) is 11.4 Å². The number of rotatable bonds is 12. The van der Waals surface area contributed by atoms with Crippen molar-refractivity contribution in [2.24, 2.45) is 10.2 Å². The van der Waals surface area contributed by atoms with Gasteiger partial charge in [-0.3, -0.25) is 0 Å². The van der Waals surface area contributed by atoms with Crippen molar-refractivity contribution in [2.45, 2.75) is 29.5 Å². The summed E-state index contributed by atoms with van der Waals surface area (Å²) in [6.07, 6.45) is 2.27. The molecule has 1 N–H and O–H groups in total. The summed E-state index contributed by atoms with van der Waals surface area (Å²) in [5, 5.41) is 37.9. The van der Waals surface area contributed by atoms with Gasteiger partial charge in [0.25, 0.3) is 5.13 Å². The minimum atomic E-state index is 0.369. The first-order chi connectivity index (χ1) is 14.2. The van der Waals surface area contributed by atoms with E-state index in [1.165, 1.54) is 23.1 Å². The average Bonchev–Trinajstić information content (AvgIpc) is 3.21. The lowest BCUT2D eigenvalue weighted by Gasteiger charge is -2.25. The summed E-state index contributed by atoms with van der Waals surface area (Å²) < 4.78 is 11.2. The highest BCUT2D eigenvalue weighted by molar-refractivity contribution is 8.00. The molecule has 0 spiro atoms. The monoisotopic (exact) mass is 456 g/mol. The molecular weight excluding hydrogens is 436 g/mol. The molecule has 10 nitrogen and oxygen atoms in total. The number of benzene rings is 1. The standard InChI is InChI=1S/C16H20N6O4S3/c1-4-22(8-6-7-17)12-10-14(29-26-25-23)11(9-13(12)24-5-2)18-19-15-20-21-16(27-3)28-15/h9-10,23H,4-6,8H2,1-3H3. The predicted octanol–water partition coefficient (Wildman–Crippen LogP) is 5.24. The molecule has 1 aromatic carbocycles. The van der Waals surface area contributed by atoms with Gasteiger partial charge < -0.3 is 9.64 Å². The molecule has 156 valence electrons. The van der Waals surface area contributed by atoms with E-state index in [-0.39, 0.29) is 0 Å². The minimum Gasteiger partial charge on any atom is -0.492 e. The normalized spacial score (nSPS) is 11.0. The molecule has 0 atom stereocenters. The van der Waals surface area contributed by atoms with Crippen molar-refractivity contribution < 1.29 is 19.4 Å². The number of aromatic nitrogens is 2. The van der Waals surface area contributed by atoms with Crippen LogP contribution in [0.2, 0.25) is 0 Å². The van der Waals surface area contributed by atoms with Gasteiger partial charge in [0, 0.05) is 19.2 Å². The van der Waals surface area contributed by atoms with Crippen LogP contribution >= 0.6 is 35.1 Å². The number of ether oxygens (including phenoxy) is 1. The summed E-state index contributed by atoms with van der Waals surface area (Å²) in [6.45, 7) is 5.53. The molecule has 0 aliphatic rings. The highest BCUT2D eigenvalue weighted by Crippen LogP contribution is 2.41. The van der Waals surface area contributed by atoms with E-state index < -0.39 is 0 Å². The fraction of sp³-hybridized carbons (Fsp3) is 0.438. The molecule has 0 unspecified atom stereocenters. The van der Waals surface area contributed by atoms with Crippen molar-refractivity contribution in [3.05, 3.63) is 12.1 Å². The molecule has 0 bridgehead atoms. The van der Waals surface area contributed by atoms with Gasteiger partial charge in [-0.15, -0.1) is 24.8 Å². The zero-order valence-electron chi connectivity index (χ0n) is 16.1. The van der Waals surface area contributed by atoms with Gasteiger partial charge in [-0.05, 0) is 26.2 Å². The van der Waals surface area contributed by atoms with Crippen LogP contribution in [-0.2, 0) is 9.37 Å². The van der Waals surface area contributed by atoms with Gasteiger partial charge in [-0.1, -0.05) is 28.1 Å². The van der Waals surface area contributed by atoms with E-state index in [4.69, 9.17) is 15.3 Å². The Morgan fingerprint density at radius 2 is 2.14 bits per heavy atom. The lowest BCUT2D eigenvalue weighted by Crippen LogP contribution is -2.24. The Balaban J connectivity index is 2.44. The molecule has 0 amide bonds. The summed E-state index contributed by atoms with van der Waals surface area (Å²) in [6, 6.07) is 5.66. The van der Waals surface area contributed by atoms with Gasteiger partial charge in [-0.2, -0.15) is 5.26 Å². The van der Waals surface area contributed by atoms with Crippen LogP contribution in [0.5, 0.6) is 5.75 Å². The Morgan fingerprint density at radius 3 is 2.76 bits per heavy atom. The number of thioether (sulfide) groups is 1. The van der Waals surface area contributed by atoms with Crippen molar-refractivity contribution in [1.82, 2.24) is 10.2 Å². The van der Waals surface area contributed by atoms with Crippen LogP contribution in [-0.4, -0.2) is 41.4 Å². The Morgan fingerprint density at radius 1 is 1.31 bits per heavy atom. The van der Waals surface area contributed by atoms with Gasteiger partial charge >= 0.3 is 0 Å². The largest absolute Gasteiger partial charge is 0.492 e. The summed E-state index contributed by atoms with van der Waals surface area (Å²) in [7, 11) is 0. The number of nitriles is 1. The van der Waals surface area contributed by atoms with E-state index in [0.717, 1.165) is 22.1 Å². The summed E-state index contributed by atoms with van der Waals surface area (Å²) in [5.41, 5.74) is 1.21. The molecule has 0 saturated carbocycles. The molecular formula is C16H20N6O4S3. The second-order valence-corrected chi connectivity index (χ2v) is 7.94. The smallest absolute Gasteiger partial charge is 0.252 e. The highest BCUT2D eigenvalue weighted by Gasteiger charge is 2.17. The molecule has 0 fully saturated rings. The molecule has 0 aliphatic heterocycles. The number of hydrogen-bond donors (Lipinski definition) is 1. The number of hydrogen-bond acceptors (Lipinski definition) is 13.